The van der Waals surface area contributed by atoms with E-state index in [9.17, 15) is 14.0 Å². The zero-order valence-electron chi connectivity index (χ0n) is 12.7. The third-order valence-electron chi connectivity index (χ3n) is 3.42. The topological polar surface area (TPSA) is 86.9 Å². The Hall–Kier alpha value is -3.22. The summed E-state index contributed by atoms with van der Waals surface area (Å²) in [5, 5.41) is 5.02. The molecular formula is C17H15FN4O2. The van der Waals surface area contributed by atoms with Crippen molar-refractivity contribution < 1.29 is 14.0 Å². The SMILES string of the molecule is O=C(CNC(=O)c1ccccc1F)NCc1nc2ccccc2[nH]1. The van der Waals surface area contributed by atoms with Crippen LogP contribution in [0, 0.1) is 5.82 Å². The third-order valence-corrected chi connectivity index (χ3v) is 3.42. The molecule has 2 amide bonds. The maximum Gasteiger partial charge on any atom is 0.254 e. The molecule has 1 heterocycles. The maximum absolute atomic E-state index is 13.5. The summed E-state index contributed by atoms with van der Waals surface area (Å²) in [6.07, 6.45) is 0. The van der Waals surface area contributed by atoms with E-state index >= 15 is 0 Å². The quantitative estimate of drug-likeness (QED) is 0.667. The Labute approximate surface area is 137 Å². The molecule has 6 nitrogen and oxygen atoms in total. The van der Waals surface area contributed by atoms with Crippen molar-refractivity contribution in [1.82, 2.24) is 20.6 Å². The van der Waals surface area contributed by atoms with Crippen LogP contribution in [-0.4, -0.2) is 28.3 Å². The number of benzene rings is 2. The number of halogens is 1. The number of para-hydroxylation sites is 2. The summed E-state index contributed by atoms with van der Waals surface area (Å²) in [5.41, 5.74) is 1.60. The van der Waals surface area contributed by atoms with Gasteiger partial charge in [0.1, 0.15) is 11.6 Å². The molecule has 0 unspecified atom stereocenters. The highest BCUT2D eigenvalue weighted by Gasteiger charge is 2.12. The number of nitrogens with one attached hydrogen (secondary N) is 3. The van der Waals surface area contributed by atoms with Crippen molar-refractivity contribution in [2.24, 2.45) is 0 Å². The van der Waals surface area contributed by atoms with Crippen molar-refractivity contribution >= 4 is 22.8 Å². The maximum atomic E-state index is 13.5. The molecule has 2 aromatic carbocycles. The third kappa shape index (κ3) is 3.57. The van der Waals surface area contributed by atoms with Gasteiger partial charge in [-0.2, -0.15) is 0 Å². The minimum atomic E-state index is -0.632. The number of H-pyrrole nitrogens is 1. The normalized spacial score (nSPS) is 10.5. The fraction of sp³-hybridized carbons (Fsp3) is 0.118. The highest BCUT2D eigenvalue weighted by atomic mass is 19.1. The first-order valence-electron chi connectivity index (χ1n) is 7.36. The van der Waals surface area contributed by atoms with E-state index in [0.717, 1.165) is 11.0 Å². The summed E-state index contributed by atoms with van der Waals surface area (Å²) in [6, 6.07) is 13.1. The molecule has 3 rings (SSSR count). The average molecular weight is 326 g/mol. The molecule has 0 fully saturated rings. The van der Waals surface area contributed by atoms with E-state index in [2.05, 4.69) is 20.6 Å². The van der Waals surface area contributed by atoms with Crippen LogP contribution < -0.4 is 10.6 Å². The number of nitrogens with zero attached hydrogens (tertiary/aromatic N) is 1. The standard InChI is InChI=1S/C17H15FN4O2/c18-12-6-2-1-5-11(12)17(24)20-10-16(23)19-9-15-21-13-7-3-4-8-14(13)22-15/h1-8H,9-10H2,(H,19,23)(H,20,24)(H,21,22). The van der Waals surface area contributed by atoms with Gasteiger partial charge >= 0.3 is 0 Å². The molecule has 122 valence electrons. The van der Waals surface area contributed by atoms with Gasteiger partial charge in [0, 0.05) is 0 Å². The van der Waals surface area contributed by atoms with E-state index in [-0.39, 0.29) is 24.6 Å². The van der Waals surface area contributed by atoms with Crippen molar-refractivity contribution in [1.29, 1.82) is 0 Å². The summed E-state index contributed by atoms with van der Waals surface area (Å²) in [5.74, 6) is -1.03. The molecule has 3 aromatic rings. The molecule has 3 N–H and O–H groups in total. The Morgan fingerprint density at radius 3 is 2.58 bits per heavy atom. The van der Waals surface area contributed by atoms with Crippen LogP contribution in [0.25, 0.3) is 11.0 Å². The number of aromatic amines is 1. The lowest BCUT2D eigenvalue weighted by molar-refractivity contribution is -0.120. The monoisotopic (exact) mass is 326 g/mol. The molecule has 0 saturated carbocycles. The van der Waals surface area contributed by atoms with Crippen LogP contribution in [0.3, 0.4) is 0 Å². The molecule has 0 spiro atoms. The minimum absolute atomic E-state index is 0.0948. The molecule has 7 heteroatoms. The summed E-state index contributed by atoms with van der Waals surface area (Å²) < 4.78 is 13.5. The summed E-state index contributed by atoms with van der Waals surface area (Å²) in [6.45, 7) is -0.0313. The largest absolute Gasteiger partial charge is 0.347 e. The van der Waals surface area contributed by atoms with Crippen LogP contribution in [0.2, 0.25) is 0 Å². The second kappa shape index (κ2) is 6.91. The van der Waals surface area contributed by atoms with Crippen LogP contribution in [0.1, 0.15) is 16.2 Å². The lowest BCUT2D eigenvalue weighted by Crippen LogP contribution is -2.37. The zero-order chi connectivity index (χ0) is 16.9. The molecule has 0 atom stereocenters. The van der Waals surface area contributed by atoms with E-state index in [1.54, 1.807) is 6.07 Å². The fourth-order valence-corrected chi connectivity index (χ4v) is 2.24. The Morgan fingerprint density at radius 2 is 1.79 bits per heavy atom. The number of amides is 2. The second-order valence-corrected chi connectivity index (χ2v) is 5.14. The van der Waals surface area contributed by atoms with Crippen molar-refractivity contribution in [2.45, 2.75) is 6.54 Å². The van der Waals surface area contributed by atoms with Crippen molar-refractivity contribution in [3.63, 3.8) is 0 Å². The summed E-state index contributed by atoms with van der Waals surface area (Å²) >= 11 is 0. The molecule has 0 aliphatic carbocycles. The predicted octanol–water partition coefficient (Wildman–Crippen LogP) is 1.75. The first kappa shape index (κ1) is 15.7. The molecule has 0 bridgehead atoms. The first-order chi connectivity index (χ1) is 11.6. The molecule has 0 aliphatic heterocycles. The smallest absolute Gasteiger partial charge is 0.254 e. The van der Waals surface area contributed by atoms with Gasteiger partial charge in [0.15, 0.2) is 0 Å². The average Bonchev–Trinajstić information content (AvgIpc) is 3.01. The highest BCUT2D eigenvalue weighted by Crippen LogP contribution is 2.09. The Balaban J connectivity index is 1.51. The van der Waals surface area contributed by atoms with Crippen molar-refractivity contribution in [3.8, 4) is 0 Å². The van der Waals surface area contributed by atoms with Gasteiger partial charge in [-0.05, 0) is 24.3 Å². The van der Waals surface area contributed by atoms with Crippen molar-refractivity contribution in [2.75, 3.05) is 6.54 Å². The van der Waals surface area contributed by atoms with Gasteiger partial charge in [-0.15, -0.1) is 0 Å². The van der Waals surface area contributed by atoms with Gasteiger partial charge in [0.2, 0.25) is 5.91 Å². The van der Waals surface area contributed by atoms with Gasteiger partial charge in [-0.25, -0.2) is 9.37 Å². The van der Waals surface area contributed by atoms with E-state index in [0.29, 0.717) is 5.82 Å². The summed E-state index contributed by atoms with van der Waals surface area (Å²) in [4.78, 5) is 31.0. The van der Waals surface area contributed by atoms with E-state index in [1.807, 2.05) is 24.3 Å². The Morgan fingerprint density at radius 1 is 1.04 bits per heavy atom. The van der Waals surface area contributed by atoms with Crippen LogP contribution in [0.4, 0.5) is 4.39 Å². The zero-order valence-corrected chi connectivity index (χ0v) is 12.7. The van der Waals surface area contributed by atoms with Gasteiger partial charge in [0.05, 0.1) is 29.7 Å². The fourth-order valence-electron chi connectivity index (χ4n) is 2.24. The predicted molar refractivity (Wildman–Crippen MR) is 86.7 cm³/mol. The van der Waals surface area contributed by atoms with E-state index in [4.69, 9.17) is 0 Å². The van der Waals surface area contributed by atoms with Crippen LogP contribution in [0.15, 0.2) is 48.5 Å². The summed E-state index contributed by atoms with van der Waals surface area (Å²) in [7, 11) is 0. The minimum Gasteiger partial charge on any atom is -0.347 e. The lowest BCUT2D eigenvalue weighted by Gasteiger charge is -2.06. The molecule has 0 radical (unpaired) electrons. The number of fused-ring (bicyclic) bond motifs is 1. The van der Waals surface area contributed by atoms with E-state index in [1.165, 1.54) is 18.2 Å². The van der Waals surface area contributed by atoms with Gasteiger partial charge < -0.3 is 15.6 Å². The Bertz CT molecular complexity index is 858. The molecule has 24 heavy (non-hydrogen) atoms. The van der Waals surface area contributed by atoms with Gasteiger partial charge in [-0.3, -0.25) is 9.59 Å². The van der Waals surface area contributed by atoms with Crippen LogP contribution in [-0.2, 0) is 11.3 Å². The van der Waals surface area contributed by atoms with E-state index < -0.39 is 11.7 Å². The first-order valence-corrected chi connectivity index (χ1v) is 7.36. The molecular weight excluding hydrogens is 311 g/mol. The molecule has 0 aliphatic rings. The second-order valence-electron chi connectivity index (χ2n) is 5.14. The Kier molecular flexibility index (Phi) is 4.51. The number of carbonyl (C=O) groups excluding carboxylic acids is 2. The highest BCUT2D eigenvalue weighted by molar-refractivity contribution is 5.96. The van der Waals surface area contributed by atoms with Crippen LogP contribution in [0.5, 0.6) is 0 Å². The number of aromatic nitrogens is 2. The van der Waals surface area contributed by atoms with Crippen LogP contribution >= 0.6 is 0 Å². The number of hydrogen-bond donors (Lipinski definition) is 3. The van der Waals surface area contributed by atoms with Gasteiger partial charge in [0.25, 0.3) is 5.91 Å². The van der Waals surface area contributed by atoms with Crippen molar-refractivity contribution in [3.05, 3.63) is 65.7 Å². The van der Waals surface area contributed by atoms with Gasteiger partial charge in [-0.1, -0.05) is 24.3 Å². The number of carbonyl (C=O) groups is 2. The number of imidazole rings is 1. The number of hydrogen-bond acceptors (Lipinski definition) is 3. The molecule has 0 saturated heterocycles. The lowest BCUT2D eigenvalue weighted by atomic mass is 10.2. The number of rotatable bonds is 5. The molecule has 1 aromatic heterocycles.